The number of fused-ring (bicyclic) bond motifs is 4. The molecule has 0 aliphatic rings. The fourth-order valence-electron chi connectivity index (χ4n) is 7.52. The molecule has 0 atom stereocenters. The van der Waals surface area contributed by atoms with E-state index in [1.54, 1.807) is 0 Å². The number of para-hydroxylation sites is 4. The second-order valence-electron chi connectivity index (χ2n) is 13.1. The van der Waals surface area contributed by atoms with E-state index in [0.29, 0.717) is 0 Å². The number of hydrogen-bond acceptors (Lipinski definition) is 2. The maximum Gasteiger partial charge on any atom is 0.168 e. The Balaban J connectivity index is 1.05. The minimum absolute atomic E-state index is 0.751. The molecule has 0 aliphatic heterocycles. The number of benzene rings is 7. The number of hydrogen-bond donors (Lipinski definition) is 0. The van der Waals surface area contributed by atoms with E-state index in [0.717, 1.165) is 67.3 Å². The Kier molecular flexibility index (Phi) is 7.40. The highest BCUT2D eigenvalue weighted by atomic mass is 16.5. The van der Waals surface area contributed by atoms with Crippen molar-refractivity contribution in [1.82, 2.24) is 18.7 Å². The molecule has 5 nitrogen and oxygen atoms in total. The van der Waals surface area contributed by atoms with Crippen LogP contribution in [0.5, 0.6) is 11.5 Å². The van der Waals surface area contributed by atoms with E-state index < -0.39 is 0 Å². The predicted octanol–water partition coefficient (Wildman–Crippen LogP) is 12.3. The number of rotatable bonds is 7. The van der Waals surface area contributed by atoms with Crippen molar-refractivity contribution in [3.63, 3.8) is 0 Å². The molecule has 0 fully saturated rings. The van der Waals surface area contributed by atoms with E-state index in [1.807, 2.05) is 24.4 Å². The average Bonchev–Trinajstić information content (AvgIpc) is 3.78. The second-order valence-corrected chi connectivity index (χ2v) is 13.1. The summed E-state index contributed by atoms with van der Waals surface area (Å²) in [6.45, 7) is 0. The molecule has 0 spiro atoms. The molecule has 5 heteroatoms. The van der Waals surface area contributed by atoms with Crippen LogP contribution in [-0.2, 0) is 0 Å². The Bertz CT molecular complexity index is 2930. The maximum atomic E-state index is 6.64. The summed E-state index contributed by atoms with van der Waals surface area (Å²) < 4.78 is 13.3. The van der Waals surface area contributed by atoms with Gasteiger partial charge in [-0.25, -0.2) is 4.98 Å². The van der Waals surface area contributed by atoms with Gasteiger partial charge in [0.1, 0.15) is 28.7 Å². The number of pyridine rings is 1. The number of imidazole rings is 1. The van der Waals surface area contributed by atoms with E-state index in [9.17, 15) is 0 Å². The first-order valence-corrected chi connectivity index (χ1v) is 17.8. The normalized spacial score (nSPS) is 11.4. The van der Waals surface area contributed by atoms with Crippen LogP contribution in [0.15, 0.2) is 201 Å². The van der Waals surface area contributed by atoms with Crippen LogP contribution < -0.4 is 4.74 Å². The third-order valence-corrected chi connectivity index (χ3v) is 9.94. The predicted molar refractivity (Wildman–Crippen MR) is 217 cm³/mol. The van der Waals surface area contributed by atoms with Crippen molar-refractivity contribution in [3.05, 3.63) is 201 Å². The largest absolute Gasteiger partial charge is 0.456 e. The number of ether oxygens (including phenoxy) is 1. The monoisotopic (exact) mass is 681 g/mol. The highest BCUT2D eigenvalue weighted by molar-refractivity contribution is 6.09. The molecule has 0 radical (unpaired) electrons. The number of nitrogens with zero attached hydrogens (tertiary/aromatic N) is 4. The summed E-state index contributed by atoms with van der Waals surface area (Å²) in [6, 6.07) is 65.4. The Morgan fingerprint density at radius 3 is 1.81 bits per heavy atom. The van der Waals surface area contributed by atoms with Gasteiger partial charge in [-0.3, -0.25) is 4.57 Å². The molecule has 250 valence electrons. The second kappa shape index (κ2) is 12.8. The van der Waals surface area contributed by atoms with E-state index in [4.69, 9.17) is 9.72 Å². The summed E-state index contributed by atoms with van der Waals surface area (Å²) in [4.78, 5) is 4.93. The van der Waals surface area contributed by atoms with Crippen molar-refractivity contribution in [2.24, 2.45) is 0 Å². The van der Waals surface area contributed by atoms with Gasteiger partial charge in [0.15, 0.2) is 17.4 Å². The van der Waals surface area contributed by atoms with Crippen LogP contribution in [0.4, 0.5) is 0 Å². The highest BCUT2D eigenvalue weighted by Crippen LogP contribution is 2.37. The Hall–Kier alpha value is -7.24. The van der Waals surface area contributed by atoms with Crippen molar-refractivity contribution in [1.29, 1.82) is 0 Å². The third-order valence-electron chi connectivity index (χ3n) is 9.94. The molecule has 0 aliphatic carbocycles. The van der Waals surface area contributed by atoms with Gasteiger partial charge < -0.3 is 4.74 Å². The van der Waals surface area contributed by atoms with Crippen molar-refractivity contribution >= 4 is 32.8 Å². The zero-order chi connectivity index (χ0) is 35.1. The quantitative estimate of drug-likeness (QED) is 0.157. The van der Waals surface area contributed by atoms with E-state index in [-0.39, 0.29) is 0 Å². The average molecular weight is 682 g/mol. The lowest BCUT2D eigenvalue weighted by atomic mass is 9.95. The van der Waals surface area contributed by atoms with Gasteiger partial charge >= 0.3 is 0 Å². The molecule has 0 N–H and O–H groups in total. The first-order valence-electron chi connectivity index (χ1n) is 17.8. The van der Waals surface area contributed by atoms with Crippen LogP contribution in [0, 0.1) is 0 Å². The van der Waals surface area contributed by atoms with E-state index in [1.165, 1.54) is 16.5 Å². The third kappa shape index (κ3) is 5.43. The SMILES string of the molecule is c1ccc(-c2ccccc2-c2ccnc(-n3c4ccccc4c4ccc(Oc5cccc(-n6[cH+]n(-c7ccccc7)c7ccccc76)c5)cc43)c2)cc1. The van der Waals surface area contributed by atoms with Gasteiger partial charge in [0.25, 0.3) is 0 Å². The Morgan fingerprint density at radius 1 is 0.415 bits per heavy atom. The number of aromatic nitrogens is 4. The van der Waals surface area contributed by atoms with Crippen molar-refractivity contribution in [3.8, 4) is 50.9 Å². The summed E-state index contributed by atoms with van der Waals surface area (Å²) >= 11 is 0. The van der Waals surface area contributed by atoms with E-state index >= 15 is 0 Å². The lowest BCUT2D eigenvalue weighted by molar-refractivity contribution is 0.483. The van der Waals surface area contributed by atoms with Gasteiger partial charge in [-0.2, -0.15) is 9.13 Å². The van der Waals surface area contributed by atoms with Crippen LogP contribution in [0.1, 0.15) is 0 Å². The summed E-state index contributed by atoms with van der Waals surface area (Å²) in [5, 5.41) is 2.31. The Morgan fingerprint density at radius 2 is 1.02 bits per heavy atom. The van der Waals surface area contributed by atoms with Crippen molar-refractivity contribution in [2.45, 2.75) is 0 Å². The van der Waals surface area contributed by atoms with Crippen LogP contribution >= 0.6 is 0 Å². The minimum atomic E-state index is 0.751. The zero-order valence-corrected chi connectivity index (χ0v) is 28.7. The summed E-state index contributed by atoms with van der Waals surface area (Å²) in [5.41, 5.74) is 11.1. The highest BCUT2D eigenvalue weighted by Gasteiger charge is 2.19. The van der Waals surface area contributed by atoms with Crippen molar-refractivity contribution in [2.75, 3.05) is 0 Å². The molecular weight excluding hydrogens is 649 g/mol. The molecule has 10 aromatic rings. The molecule has 3 heterocycles. The fourth-order valence-corrected chi connectivity index (χ4v) is 7.52. The molecule has 7 aromatic carbocycles. The zero-order valence-electron chi connectivity index (χ0n) is 28.7. The lowest BCUT2D eigenvalue weighted by Gasteiger charge is -2.13. The van der Waals surface area contributed by atoms with Gasteiger partial charge in [0, 0.05) is 41.2 Å². The van der Waals surface area contributed by atoms with Gasteiger partial charge in [0.05, 0.1) is 11.0 Å². The summed E-state index contributed by atoms with van der Waals surface area (Å²) in [6.07, 6.45) is 4.05. The molecule has 0 amide bonds. The maximum absolute atomic E-state index is 6.64. The lowest BCUT2D eigenvalue weighted by Crippen LogP contribution is -1.98. The first kappa shape index (κ1) is 30.6. The molecule has 0 saturated heterocycles. The Labute approximate surface area is 306 Å². The van der Waals surface area contributed by atoms with Crippen LogP contribution in [0.2, 0.25) is 0 Å². The summed E-state index contributed by atoms with van der Waals surface area (Å²) in [5.74, 6) is 2.36. The molecule has 0 unspecified atom stereocenters. The van der Waals surface area contributed by atoms with Gasteiger partial charge in [-0.05, 0) is 82.9 Å². The van der Waals surface area contributed by atoms with Crippen LogP contribution in [-0.4, -0.2) is 18.7 Å². The van der Waals surface area contributed by atoms with Gasteiger partial charge in [-0.15, -0.1) is 0 Å². The topological polar surface area (TPSA) is 36.9 Å². The van der Waals surface area contributed by atoms with E-state index in [2.05, 4.69) is 190 Å². The molecule has 3 aromatic heterocycles. The molecule has 53 heavy (non-hydrogen) atoms. The smallest absolute Gasteiger partial charge is 0.168 e. The summed E-state index contributed by atoms with van der Waals surface area (Å²) in [7, 11) is 0. The van der Waals surface area contributed by atoms with Crippen LogP contribution in [0.3, 0.4) is 0 Å². The van der Waals surface area contributed by atoms with Gasteiger partial charge in [-0.1, -0.05) is 103 Å². The van der Waals surface area contributed by atoms with Crippen molar-refractivity contribution < 1.29 is 4.74 Å². The van der Waals surface area contributed by atoms with Gasteiger partial charge in [0.2, 0.25) is 0 Å². The molecule has 0 saturated carbocycles. The fraction of sp³-hybridized carbons (Fsp3) is 0. The molecule has 0 bridgehead atoms. The minimum Gasteiger partial charge on any atom is -0.456 e. The van der Waals surface area contributed by atoms with Crippen LogP contribution in [0.25, 0.3) is 72.3 Å². The first-order chi connectivity index (χ1) is 26.3. The molecular formula is C48H33N4O+. The standard InChI is InChI=1S/C48H33N4O/c1-3-14-34(15-4-1)40-20-7-8-21-41(40)35-28-29-49-48(30-35)52-44-23-10-9-22-42(44)43-27-26-39(32-47(43)52)53-38-19-13-18-37(31-38)51-33-50(36-16-5-2-6-17-36)45-24-11-12-25-46(45)51/h1-33H/q+1. The molecule has 10 rings (SSSR count).